The van der Waals surface area contributed by atoms with Crippen molar-refractivity contribution >= 4 is 23.5 Å². The number of nitriles is 2. The van der Waals surface area contributed by atoms with Crippen LogP contribution < -0.4 is 10.6 Å². The number of nitrogens with one attached hydrogen (secondary N) is 2. The molecule has 0 aromatic carbocycles. The van der Waals surface area contributed by atoms with Crippen molar-refractivity contribution in [1.29, 1.82) is 10.5 Å². The molecule has 1 saturated carbocycles. The van der Waals surface area contributed by atoms with Crippen molar-refractivity contribution in [1.82, 2.24) is 19.6 Å². The van der Waals surface area contributed by atoms with E-state index < -0.39 is 0 Å². The normalized spacial score (nSPS) is 17.9. The molecule has 1 aliphatic rings. The molecule has 3 rings (SSSR count). The lowest BCUT2D eigenvalue weighted by Gasteiger charge is -2.27. The number of aromatic nitrogens is 4. The fraction of sp³-hybridized carbons (Fsp3) is 0.545. The summed E-state index contributed by atoms with van der Waals surface area (Å²) in [6, 6.07) is 7.77. The summed E-state index contributed by atoms with van der Waals surface area (Å²) < 4.78 is 3.29. The lowest BCUT2D eigenvalue weighted by atomic mass is 9.81. The fourth-order valence-corrected chi connectivity index (χ4v) is 4.02. The van der Waals surface area contributed by atoms with Gasteiger partial charge in [0.15, 0.2) is 0 Å². The highest BCUT2D eigenvalue weighted by molar-refractivity contribution is 5.93. The summed E-state index contributed by atoms with van der Waals surface area (Å²) in [6.07, 6.45) is 3.14. The molecule has 1 fully saturated rings. The summed E-state index contributed by atoms with van der Waals surface area (Å²) in [5, 5.41) is 32.1. The lowest BCUT2D eigenvalue weighted by molar-refractivity contribution is -0.125. The molecule has 32 heavy (non-hydrogen) atoms. The van der Waals surface area contributed by atoms with E-state index in [0.29, 0.717) is 63.3 Å². The molecular weight excluding hydrogens is 408 g/mol. The molecule has 0 radical (unpaired) electrons. The topological polar surface area (TPSA) is 141 Å². The minimum Gasteiger partial charge on any atom is -0.311 e. The summed E-state index contributed by atoms with van der Waals surface area (Å²) in [6.45, 7) is 4.54. The summed E-state index contributed by atoms with van der Waals surface area (Å²) in [5.41, 5.74) is 1.56. The van der Waals surface area contributed by atoms with Crippen LogP contribution >= 0.6 is 0 Å². The van der Waals surface area contributed by atoms with Crippen molar-refractivity contribution in [2.24, 2.45) is 11.8 Å². The van der Waals surface area contributed by atoms with Crippen LogP contribution in [0.3, 0.4) is 0 Å². The summed E-state index contributed by atoms with van der Waals surface area (Å²) >= 11 is 0. The number of aryl methyl sites for hydroxylation is 4. The predicted octanol–water partition coefficient (Wildman–Crippen LogP) is 2.91. The standard InChI is InChI=1S/C22H28N8O2/c1-15-13-19(29(27-15)11-3-9-23)25-21(31)17-5-7-18(8-6-17)22(32)26-20-14-16(2)28-30(20)12-4-10-24/h13-14,17-18H,3-8,11-12H2,1-2H3,(H,25,31)(H,26,32). The maximum absolute atomic E-state index is 12.8. The molecule has 10 heteroatoms. The quantitative estimate of drug-likeness (QED) is 0.652. The number of rotatable bonds is 8. The van der Waals surface area contributed by atoms with Gasteiger partial charge in [-0.05, 0) is 39.5 Å². The smallest absolute Gasteiger partial charge is 0.228 e. The highest BCUT2D eigenvalue weighted by Gasteiger charge is 2.31. The first-order chi connectivity index (χ1) is 15.4. The highest BCUT2D eigenvalue weighted by atomic mass is 16.2. The van der Waals surface area contributed by atoms with Crippen molar-refractivity contribution in [2.45, 2.75) is 65.5 Å². The molecule has 0 spiro atoms. The number of hydrogen-bond donors (Lipinski definition) is 2. The monoisotopic (exact) mass is 436 g/mol. The second-order valence-electron chi connectivity index (χ2n) is 8.13. The summed E-state index contributed by atoms with van der Waals surface area (Å²) in [7, 11) is 0. The SMILES string of the molecule is Cc1cc(NC(=O)C2CCC(C(=O)Nc3cc(C)nn3CCC#N)CC2)n(CCC#N)n1. The molecular formula is C22H28N8O2. The number of anilines is 2. The Balaban J connectivity index is 1.53. The average Bonchev–Trinajstić information content (AvgIpc) is 3.31. The first-order valence-corrected chi connectivity index (χ1v) is 10.9. The van der Waals surface area contributed by atoms with E-state index >= 15 is 0 Å². The Kier molecular flexibility index (Phi) is 7.61. The molecule has 0 saturated heterocycles. The van der Waals surface area contributed by atoms with Gasteiger partial charge in [0.25, 0.3) is 0 Å². The van der Waals surface area contributed by atoms with Gasteiger partial charge >= 0.3 is 0 Å². The minimum atomic E-state index is -0.165. The molecule has 0 bridgehead atoms. The maximum Gasteiger partial charge on any atom is 0.228 e. The van der Waals surface area contributed by atoms with Crippen molar-refractivity contribution in [3.8, 4) is 12.1 Å². The van der Waals surface area contributed by atoms with Gasteiger partial charge in [0, 0.05) is 24.0 Å². The Bertz CT molecular complexity index is 963. The van der Waals surface area contributed by atoms with Gasteiger partial charge in [-0.3, -0.25) is 9.59 Å². The van der Waals surface area contributed by atoms with Gasteiger partial charge in [-0.15, -0.1) is 0 Å². The summed E-state index contributed by atoms with van der Waals surface area (Å²) in [4.78, 5) is 25.5. The number of hydrogen-bond acceptors (Lipinski definition) is 6. The molecule has 168 valence electrons. The van der Waals surface area contributed by atoms with Crippen molar-refractivity contribution in [3.05, 3.63) is 23.5 Å². The Morgan fingerprint density at radius 1 is 0.875 bits per heavy atom. The van der Waals surface area contributed by atoms with Gasteiger partial charge in [0.2, 0.25) is 11.8 Å². The van der Waals surface area contributed by atoms with Crippen LogP contribution in [-0.4, -0.2) is 31.4 Å². The first kappa shape index (κ1) is 23.0. The van der Waals surface area contributed by atoms with E-state index in [0.717, 1.165) is 11.4 Å². The molecule has 0 aliphatic heterocycles. The molecule has 0 atom stereocenters. The van der Waals surface area contributed by atoms with Gasteiger partial charge < -0.3 is 10.6 Å². The van der Waals surface area contributed by atoms with E-state index in [9.17, 15) is 9.59 Å². The first-order valence-electron chi connectivity index (χ1n) is 10.9. The highest BCUT2D eigenvalue weighted by Crippen LogP contribution is 2.31. The third-order valence-corrected chi connectivity index (χ3v) is 5.65. The van der Waals surface area contributed by atoms with Gasteiger partial charge in [-0.2, -0.15) is 20.7 Å². The number of carbonyl (C=O) groups is 2. The Morgan fingerprint density at radius 2 is 1.25 bits per heavy atom. The third-order valence-electron chi connectivity index (χ3n) is 5.65. The van der Waals surface area contributed by atoms with Gasteiger partial charge in [0.05, 0.1) is 49.5 Å². The molecule has 10 nitrogen and oxygen atoms in total. The Morgan fingerprint density at radius 3 is 1.59 bits per heavy atom. The number of carbonyl (C=O) groups excluding carboxylic acids is 2. The van der Waals surface area contributed by atoms with Crippen LogP contribution in [0.1, 0.15) is 49.9 Å². The van der Waals surface area contributed by atoms with Crippen molar-refractivity contribution in [3.63, 3.8) is 0 Å². The van der Waals surface area contributed by atoms with E-state index in [1.165, 1.54) is 0 Å². The maximum atomic E-state index is 12.8. The predicted molar refractivity (Wildman–Crippen MR) is 117 cm³/mol. The van der Waals surface area contributed by atoms with Crippen LogP contribution in [0.5, 0.6) is 0 Å². The molecule has 1 aliphatic carbocycles. The van der Waals surface area contributed by atoms with E-state index in [-0.39, 0.29) is 23.7 Å². The molecule has 2 aromatic heterocycles. The number of amides is 2. The van der Waals surface area contributed by atoms with Crippen LogP contribution in [0.4, 0.5) is 11.6 Å². The van der Waals surface area contributed by atoms with Crippen LogP contribution in [0, 0.1) is 48.3 Å². The third kappa shape index (κ3) is 5.73. The van der Waals surface area contributed by atoms with E-state index in [1.807, 2.05) is 13.8 Å². The fourth-order valence-electron chi connectivity index (χ4n) is 4.02. The van der Waals surface area contributed by atoms with Gasteiger partial charge in [0.1, 0.15) is 11.6 Å². The van der Waals surface area contributed by atoms with Crippen LogP contribution in [0.15, 0.2) is 12.1 Å². The zero-order valence-corrected chi connectivity index (χ0v) is 18.5. The zero-order chi connectivity index (χ0) is 23.1. The van der Waals surface area contributed by atoms with Crippen LogP contribution in [0.25, 0.3) is 0 Å². The molecule has 0 unspecified atom stereocenters. The largest absolute Gasteiger partial charge is 0.311 e. The Hall–Kier alpha value is -3.66. The van der Waals surface area contributed by atoms with Crippen LogP contribution in [0.2, 0.25) is 0 Å². The minimum absolute atomic E-state index is 0.0767. The molecule has 2 amide bonds. The van der Waals surface area contributed by atoms with E-state index in [1.54, 1.807) is 21.5 Å². The molecule has 2 heterocycles. The van der Waals surface area contributed by atoms with Crippen LogP contribution in [-0.2, 0) is 22.7 Å². The molecule has 2 N–H and O–H groups in total. The molecule has 2 aromatic rings. The Labute approximate surface area is 187 Å². The van der Waals surface area contributed by atoms with Crippen molar-refractivity contribution < 1.29 is 9.59 Å². The number of nitrogens with zero attached hydrogens (tertiary/aromatic N) is 6. The van der Waals surface area contributed by atoms with E-state index in [2.05, 4.69) is 33.0 Å². The van der Waals surface area contributed by atoms with Gasteiger partial charge in [-0.25, -0.2) is 9.36 Å². The zero-order valence-electron chi connectivity index (χ0n) is 18.5. The second-order valence-corrected chi connectivity index (χ2v) is 8.13. The second kappa shape index (κ2) is 10.6. The van der Waals surface area contributed by atoms with Gasteiger partial charge in [-0.1, -0.05) is 0 Å². The van der Waals surface area contributed by atoms with Crippen molar-refractivity contribution in [2.75, 3.05) is 10.6 Å². The van der Waals surface area contributed by atoms with E-state index in [4.69, 9.17) is 10.5 Å². The summed E-state index contributed by atoms with van der Waals surface area (Å²) in [5.74, 6) is 0.718. The average molecular weight is 437 g/mol. The lowest BCUT2D eigenvalue weighted by Crippen LogP contribution is -2.32.